The number of hydrogen-bond donors (Lipinski definition) is 5. The Morgan fingerprint density at radius 3 is 1.70 bits per heavy atom. The van der Waals surface area contributed by atoms with Crippen LogP contribution in [0.25, 0.3) is 0 Å². The Hall–Kier alpha value is -6.03. The number of carbonyl (C=O) groups is 2. The van der Waals surface area contributed by atoms with E-state index in [1.54, 1.807) is 11.9 Å². The molecular formula is C48H49Br2ClF2N8O8. The third-order valence-electron chi connectivity index (χ3n) is 10.8. The molecule has 0 unspecified atom stereocenters. The maximum atomic E-state index is 13.4. The summed E-state index contributed by atoms with van der Waals surface area (Å²) in [7, 11) is 3.60. The quantitative estimate of drug-likeness (QED) is 0.0685. The number of hydrogen-bond acceptors (Lipinski definition) is 14. The number of rotatable bonds is 13. The second kappa shape index (κ2) is 26.1. The van der Waals surface area contributed by atoms with Gasteiger partial charge in [-0.05, 0) is 112 Å². The standard InChI is InChI=1S/C24H24BrFN4O4.C14H20N2O3.C10H5BrClFN2O/c1-30(23-22(12-27-14-28-23)34-21-8-7-16(26)9-18(21)25)19-10-17(11-20(19)31)29-24(32)33-13-15-5-3-2-4-6-15;1-15-12-7-11(8-13(12)17)16-14(18)19-9-10-5-3-2-4-6-10;11-7-3-6(13)1-2-8(7)16-9-4-14-5-15-10(9)12/h2-9,12,14,17,19-20,31H,10-11,13H2,1H3,(H,29,32);2-6,11-13,15,17H,7-9H2,1H3,(H,16,18);1-5H/t17-,19+,20-;11-,12+,13-;/m11./s1. The number of aromatic nitrogens is 4. The van der Waals surface area contributed by atoms with E-state index >= 15 is 0 Å². The molecule has 69 heavy (non-hydrogen) atoms. The molecule has 0 bridgehead atoms. The number of benzene rings is 4. The minimum absolute atomic E-state index is 0.0317. The fourth-order valence-electron chi connectivity index (χ4n) is 7.36. The van der Waals surface area contributed by atoms with E-state index in [2.05, 4.69) is 67.7 Å². The van der Waals surface area contributed by atoms with Gasteiger partial charge in [0, 0.05) is 25.2 Å². The van der Waals surface area contributed by atoms with E-state index in [1.807, 2.05) is 67.7 Å². The van der Waals surface area contributed by atoms with Crippen LogP contribution < -0.4 is 30.3 Å². The van der Waals surface area contributed by atoms with Crippen LogP contribution in [0.15, 0.2) is 131 Å². The van der Waals surface area contributed by atoms with Gasteiger partial charge in [0.15, 0.2) is 22.5 Å². The van der Waals surface area contributed by atoms with Gasteiger partial charge >= 0.3 is 12.2 Å². The average molecular weight is 1100 g/mol. The highest BCUT2D eigenvalue weighted by Gasteiger charge is 2.38. The minimum Gasteiger partial charge on any atom is -0.451 e. The van der Waals surface area contributed by atoms with Gasteiger partial charge in [-0.2, -0.15) is 0 Å². The molecule has 2 heterocycles. The second-order valence-corrected chi connectivity index (χ2v) is 17.8. The highest BCUT2D eigenvalue weighted by Crippen LogP contribution is 2.37. The molecule has 2 amide bonds. The average Bonchev–Trinajstić information content (AvgIpc) is 3.90. The molecule has 2 aromatic heterocycles. The van der Waals surface area contributed by atoms with E-state index in [1.165, 1.54) is 61.4 Å². The Morgan fingerprint density at radius 1 is 0.696 bits per heavy atom. The summed E-state index contributed by atoms with van der Waals surface area (Å²) in [5.74, 6) is 1.23. The van der Waals surface area contributed by atoms with Crippen LogP contribution in [0.1, 0.15) is 36.8 Å². The Bertz CT molecular complexity index is 2600. The van der Waals surface area contributed by atoms with Crippen LogP contribution in [-0.4, -0.2) is 92.8 Å². The molecule has 6 atom stereocenters. The summed E-state index contributed by atoms with van der Waals surface area (Å²) in [5.41, 5.74) is 1.85. The maximum Gasteiger partial charge on any atom is 0.407 e. The third kappa shape index (κ3) is 16.0. The topological polar surface area (TPSA) is 202 Å². The van der Waals surface area contributed by atoms with Gasteiger partial charge in [0.05, 0.1) is 39.6 Å². The molecule has 2 aliphatic carbocycles. The van der Waals surface area contributed by atoms with Crippen molar-refractivity contribution >= 4 is 61.5 Å². The van der Waals surface area contributed by atoms with Gasteiger partial charge in [-0.3, -0.25) is 0 Å². The van der Waals surface area contributed by atoms with Crippen LogP contribution in [0.5, 0.6) is 23.0 Å². The van der Waals surface area contributed by atoms with Crippen molar-refractivity contribution in [3.63, 3.8) is 0 Å². The van der Waals surface area contributed by atoms with Crippen molar-refractivity contribution in [1.29, 1.82) is 0 Å². The van der Waals surface area contributed by atoms with Crippen LogP contribution in [0.4, 0.5) is 24.2 Å². The van der Waals surface area contributed by atoms with Crippen molar-refractivity contribution in [2.75, 3.05) is 19.0 Å². The number of aliphatic hydroxyl groups is 2. The largest absolute Gasteiger partial charge is 0.451 e. The summed E-state index contributed by atoms with van der Waals surface area (Å²) < 4.78 is 49.0. The Morgan fingerprint density at radius 2 is 1.19 bits per heavy atom. The lowest BCUT2D eigenvalue weighted by Gasteiger charge is -2.29. The lowest BCUT2D eigenvalue weighted by molar-refractivity contribution is 0.132. The molecule has 8 rings (SSSR count). The zero-order valence-electron chi connectivity index (χ0n) is 37.2. The highest BCUT2D eigenvalue weighted by molar-refractivity contribution is 9.11. The monoisotopic (exact) mass is 1100 g/mol. The molecule has 2 aliphatic rings. The molecule has 2 saturated carbocycles. The number of nitrogens with zero attached hydrogens (tertiary/aromatic N) is 5. The van der Waals surface area contributed by atoms with Crippen LogP contribution in [0.2, 0.25) is 5.15 Å². The number of nitrogens with one attached hydrogen (secondary N) is 3. The molecule has 0 aliphatic heterocycles. The summed E-state index contributed by atoms with van der Waals surface area (Å²) >= 11 is 12.3. The van der Waals surface area contributed by atoms with Crippen molar-refractivity contribution in [1.82, 2.24) is 35.9 Å². The lowest BCUT2D eigenvalue weighted by atomic mass is 10.2. The van der Waals surface area contributed by atoms with Crippen LogP contribution >= 0.6 is 43.5 Å². The smallest absolute Gasteiger partial charge is 0.407 e. The van der Waals surface area contributed by atoms with Gasteiger partial charge in [-0.1, -0.05) is 72.3 Å². The van der Waals surface area contributed by atoms with Gasteiger partial charge in [0.2, 0.25) is 0 Å². The molecule has 364 valence electrons. The third-order valence-corrected chi connectivity index (χ3v) is 12.3. The van der Waals surface area contributed by atoms with E-state index in [-0.39, 0.29) is 48.4 Å². The number of ether oxygens (including phenoxy) is 4. The number of amides is 2. The van der Waals surface area contributed by atoms with Gasteiger partial charge < -0.3 is 50.0 Å². The number of alkyl carbamates (subject to hydrolysis) is 2. The van der Waals surface area contributed by atoms with Crippen molar-refractivity contribution < 1.29 is 47.5 Å². The molecule has 21 heteroatoms. The van der Waals surface area contributed by atoms with E-state index in [0.717, 1.165) is 17.5 Å². The maximum absolute atomic E-state index is 13.4. The van der Waals surface area contributed by atoms with Crippen LogP contribution in [-0.2, 0) is 22.7 Å². The van der Waals surface area contributed by atoms with Gasteiger partial charge in [-0.15, -0.1) is 0 Å². The van der Waals surface area contributed by atoms with E-state index in [9.17, 15) is 28.6 Å². The predicted molar refractivity (Wildman–Crippen MR) is 260 cm³/mol. The fourth-order valence-corrected chi connectivity index (χ4v) is 8.36. The van der Waals surface area contributed by atoms with Gasteiger partial charge in [-0.25, -0.2) is 38.3 Å². The van der Waals surface area contributed by atoms with Crippen molar-refractivity contribution in [3.8, 4) is 23.0 Å². The first-order chi connectivity index (χ1) is 33.3. The molecular weight excluding hydrogens is 1050 g/mol. The normalized spacial score (nSPS) is 19.1. The first-order valence-electron chi connectivity index (χ1n) is 21.5. The Labute approximate surface area is 419 Å². The fraction of sp³-hybridized carbons (Fsp3) is 0.292. The van der Waals surface area contributed by atoms with Crippen molar-refractivity contribution in [2.24, 2.45) is 0 Å². The number of carbonyl (C=O) groups excluding carboxylic acids is 2. The molecule has 5 N–H and O–H groups in total. The zero-order valence-corrected chi connectivity index (χ0v) is 41.2. The minimum atomic E-state index is -0.704. The summed E-state index contributed by atoms with van der Waals surface area (Å²) in [4.78, 5) is 41.6. The summed E-state index contributed by atoms with van der Waals surface area (Å²) in [6.45, 7) is 0.434. The molecule has 0 radical (unpaired) electrons. The lowest BCUT2D eigenvalue weighted by Crippen LogP contribution is -2.39. The van der Waals surface area contributed by atoms with Crippen LogP contribution in [0.3, 0.4) is 0 Å². The molecule has 4 aromatic carbocycles. The first-order valence-corrected chi connectivity index (χ1v) is 23.4. The molecule has 6 aromatic rings. The highest BCUT2D eigenvalue weighted by atomic mass is 79.9. The Balaban J connectivity index is 0.000000188. The molecule has 0 spiro atoms. The molecule has 2 fully saturated rings. The van der Waals surface area contributed by atoms with E-state index in [4.69, 9.17) is 30.5 Å². The van der Waals surface area contributed by atoms with Gasteiger partial charge in [0.25, 0.3) is 0 Å². The molecule has 16 nitrogen and oxygen atoms in total. The van der Waals surface area contributed by atoms with Crippen molar-refractivity contribution in [3.05, 3.63) is 159 Å². The van der Waals surface area contributed by atoms with E-state index < -0.39 is 30.2 Å². The SMILES string of the molecule is CN(c1ncncc1Oc1ccc(F)cc1Br)[C@H]1C[C@@H](NC(=O)OCc2ccccc2)C[C@H]1O.CN[C@H]1C[C@@H](NC(=O)OCc2ccccc2)C[C@H]1O.Fc1ccc(Oc2cncnc2Cl)c(Br)c1. The number of anilines is 1. The van der Waals surface area contributed by atoms with Crippen molar-refractivity contribution in [2.45, 2.75) is 75.3 Å². The zero-order chi connectivity index (χ0) is 49.3. The second-order valence-electron chi connectivity index (χ2n) is 15.7. The predicted octanol–water partition coefficient (Wildman–Crippen LogP) is 9.27. The summed E-state index contributed by atoms with van der Waals surface area (Å²) in [6, 6.07) is 26.5. The first kappa shape index (κ1) is 52.3. The number of likely N-dealkylation sites (N-methyl/N-ethyl adjacent to an activating group) is 2. The summed E-state index contributed by atoms with van der Waals surface area (Å²) in [5, 5.41) is 29.3. The van der Waals surface area contributed by atoms with E-state index in [0.29, 0.717) is 57.0 Å². The van der Waals surface area contributed by atoms with Gasteiger partial charge in [0.1, 0.15) is 49.0 Å². The Kier molecular flexibility index (Phi) is 19.8. The summed E-state index contributed by atoms with van der Waals surface area (Å²) in [6.07, 6.45) is 5.71. The van der Waals surface area contributed by atoms with Crippen LogP contribution in [0, 0.1) is 11.6 Å². The molecule has 0 saturated heterocycles. The number of halogens is 5. The number of aliphatic hydroxyl groups excluding tert-OH is 2.